The van der Waals surface area contributed by atoms with Crippen molar-refractivity contribution in [2.75, 3.05) is 26.7 Å². The third-order valence-electron chi connectivity index (χ3n) is 6.18. The van der Waals surface area contributed by atoms with Gasteiger partial charge in [0.2, 0.25) is 0 Å². The van der Waals surface area contributed by atoms with E-state index in [2.05, 4.69) is 21.0 Å². The molecule has 5 rings (SSSR count). The number of quaternary nitrogens is 1. The van der Waals surface area contributed by atoms with Crippen LogP contribution in [0.25, 0.3) is 0 Å². The van der Waals surface area contributed by atoms with E-state index in [-0.39, 0.29) is 17.4 Å². The number of nitrogens with zero attached hydrogens (tertiary/aromatic N) is 1. The molecule has 31 heavy (non-hydrogen) atoms. The van der Waals surface area contributed by atoms with E-state index < -0.39 is 21.6 Å². The first-order chi connectivity index (χ1) is 14.8. The number of benzene rings is 1. The Kier molecular flexibility index (Phi) is 5.77. The number of fused-ring (bicyclic) bond motifs is 3. The summed E-state index contributed by atoms with van der Waals surface area (Å²) >= 11 is 0. The van der Waals surface area contributed by atoms with Gasteiger partial charge in [-0.25, -0.2) is 8.42 Å². The monoisotopic (exact) mass is 444 g/mol. The Balaban J connectivity index is 1.86. The van der Waals surface area contributed by atoms with Gasteiger partial charge < -0.3 is 23.5 Å². The fraction of sp³-hybridized carbons (Fsp3) is 0.409. The summed E-state index contributed by atoms with van der Waals surface area (Å²) in [6.45, 7) is 2.84. The van der Waals surface area contributed by atoms with Crippen molar-refractivity contribution in [1.29, 1.82) is 0 Å². The molecule has 3 aliphatic rings. The summed E-state index contributed by atoms with van der Waals surface area (Å²) in [7, 11) is -3.46. The molecule has 0 saturated carbocycles. The first-order valence-corrected chi connectivity index (χ1v) is 11.4. The Labute approximate surface area is 181 Å². The average Bonchev–Trinajstić information content (AvgIpc) is 2.78. The maximum Gasteiger partial charge on any atom is 0.262 e. The van der Waals surface area contributed by atoms with Crippen LogP contribution in [0.2, 0.25) is 0 Å². The lowest BCUT2D eigenvalue weighted by Gasteiger charge is -2.47. The predicted octanol–water partition coefficient (Wildman–Crippen LogP) is -0.146. The van der Waals surface area contributed by atoms with Crippen LogP contribution in [0.1, 0.15) is 24.1 Å². The van der Waals surface area contributed by atoms with E-state index in [4.69, 9.17) is 4.74 Å². The van der Waals surface area contributed by atoms with Crippen molar-refractivity contribution in [3.63, 3.8) is 0 Å². The molecule has 0 radical (unpaired) electrons. The van der Waals surface area contributed by atoms with Crippen LogP contribution in [0.15, 0.2) is 48.7 Å². The van der Waals surface area contributed by atoms with Crippen LogP contribution >= 0.6 is 0 Å². The van der Waals surface area contributed by atoms with Crippen LogP contribution in [0.3, 0.4) is 0 Å². The third-order valence-corrected chi connectivity index (χ3v) is 6.56. The minimum Gasteiger partial charge on any atom is -0.716 e. The molecule has 0 unspecified atom stereocenters. The van der Waals surface area contributed by atoms with E-state index >= 15 is 0 Å². The molecule has 2 bridgehead atoms. The topological polar surface area (TPSA) is 113 Å². The molecular weight excluding hydrogens is 420 g/mol. The van der Waals surface area contributed by atoms with Crippen molar-refractivity contribution < 1.29 is 31.9 Å². The second kappa shape index (κ2) is 8.22. The van der Waals surface area contributed by atoms with Crippen molar-refractivity contribution in [1.82, 2.24) is 4.98 Å². The standard InChI is InChI=1S/C22H24N2O6S/c1-29-21(16-24-14-9-17(21)10-15-24)11-12-22(25,18-6-3-2-4-7-18)20-19(8-5-13-23-20)30-31(26,27)28/h2-8,13,17,25H,9-10,14-16H2,1H3,(H,26,27,28)/t21-,22+/m1/s1. The summed E-state index contributed by atoms with van der Waals surface area (Å²) in [6, 6.07) is 11.2. The van der Waals surface area contributed by atoms with E-state index in [0.29, 0.717) is 12.1 Å². The van der Waals surface area contributed by atoms with Gasteiger partial charge in [-0.05, 0) is 12.1 Å². The van der Waals surface area contributed by atoms with Crippen molar-refractivity contribution in [3.8, 4) is 17.6 Å². The summed E-state index contributed by atoms with van der Waals surface area (Å²) < 4.78 is 44.3. The number of methoxy groups -OCH3 is 1. The van der Waals surface area contributed by atoms with Gasteiger partial charge in [0, 0.05) is 37.6 Å². The van der Waals surface area contributed by atoms with Crippen LogP contribution in [0, 0.1) is 17.8 Å². The normalized spacial score (nSPS) is 27.1. The highest BCUT2D eigenvalue weighted by Gasteiger charge is 2.50. The first-order valence-electron chi connectivity index (χ1n) is 10.1. The molecule has 0 spiro atoms. The SMILES string of the molecule is CO[C@]1(C#C[C@](O)(c2ccccc2)c2ncccc2OS(=O)(=O)[O-])C[NH+]2CCC1CC2. The van der Waals surface area contributed by atoms with Crippen LogP contribution < -0.4 is 9.08 Å². The van der Waals surface area contributed by atoms with Gasteiger partial charge in [-0.1, -0.05) is 42.2 Å². The van der Waals surface area contributed by atoms with E-state index in [1.54, 1.807) is 37.4 Å². The Morgan fingerprint density at radius 2 is 1.94 bits per heavy atom. The van der Waals surface area contributed by atoms with E-state index in [1.807, 2.05) is 0 Å². The van der Waals surface area contributed by atoms with E-state index in [0.717, 1.165) is 25.9 Å². The van der Waals surface area contributed by atoms with Gasteiger partial charge >= 0.3 is 0 Å². The van der Waals surface area contributed by atoms with Crippen LogP contribution in [0.5, 0.6) is 5.75 Å². The highest BCUT2D eigenvalue weighted by molar-refractivity contribution is 7.81. The van der Waals surface area contributed by atoms with E-state index in [9.17, 15) is 18.1 Å². The molecule has 4 heterocycles. The minimum absolute atomic E-state index is 0.173. The third kappa shape index (κ3) is 4.31. The lowest BCUT2D eigenvalue weighted by Crippen LogP contribution is -3.17. The molecule has 0 aliphatic carbocycles. The number of ether oxygens (including phenoxy) is 1. The number of hydrogen-bond acceptors (Lipinski definition) is 7. The minimum atomic E-state index is -5.08. The zero-order valence-electron chi connectivity index (χ0n) is 17.1. The lowest BCUT2D eigenvalue weighted by atomic mass is 9.75. The van der Waals surface area contributed by atoms with Gasteiger partial charge in [-0.3, -0.25) is 4.98 Å². The second-order valence-corrected chi connectivity index (χ2v) is 8.95. The summed E-state index contributed by atoms with van der Waals surface area (Å²) in [4.78, 5) is 5.55. The Morgan fingerprint density at radius 1 is 1.23 bits per heavy atom. The fourth-order valence-corrected chi connectivity index (χ4v) is 4.96. The number of aromatic nitrogens is 1. The van der Waals surface area contributed by atoms with Gasteiger partial charge in [0.05, 0.1) is 13.1 Å². The molecular formula is C22H24N2O6S. The number of piperidine rings is 3. The van der Waals surface area contributed by atoms with Crippen molar-refractivity contribution >= 4 is 10.4 Å². The molecule has 1 aromatic heterocycles. The number of rotatable bonds is 5. The maximum absolute atomic E-state index is 11.8. The molecule has 0 amide bonds. The second-order valence-electron chi connectivity index (χ2n) is 7.96. The predicted molar refractivity (Wildman–Crippen MR) is 110 cm³/mol. The molecule has 1 aromatic carbocycles. The quantitative estimate of drug-likeness (QED) is 0.375. The molecule has 3 saturated heterocycles. The highest BCUT2D eigenvalue weighted by Crippen LogP contribution is 2.36. The molecule has 2 N–H and O–H groups in total. The summed E-state index contributed by atoms with van der Waals surface area (Å²) in [5, 5.41) is 11.8. The fourth-order valence-electron chi connectivity index (χ4n) is 4.60. The number of aliphatic hydroxyl groups is 1. The molecule has 164 valence electrons. The molecule has 2 atom stereocenters. The van der Waals surface area contributed by atoms with Crippen LogP contribution in [0.4, 0.5) is 0 Å². The number of pyridine rings is 1. The number of nitrogens with one attached hydrogen (secondary N) is 1. The maximum atomic E-state index is 11.8. The summed E-state index contributed by atoms with van der Waals surface area (Å²) in [6.07, 6.45) is 3.34. The van der Waals surface area contributed by atoms with Gasteiger partial charge in [0.1, 0.15) is 12.2 Å². The smallest absolute Gasteiger partial charge is 0.262 e. The summed E-state index contributed by atoms with van der Waals surface area (Å²) in [5.74, 6) is 5.98. The van der Waals surface area contributed by atoms with Crippen molar-refractivity contribution in [2.24, 2.45) is 5.92 Å². The molecule has 9 heteroatoms. The zero-order valence-corrected chi connectivity index (χ0v) is 17.9. The lowest BCUT2D eigenvalue weighted by molar-refractivity contribution is -0.923. The molecule has 2 aromatic rings. The zero-order chi connectivity index (χ0) is 22.1. The Morgan fingerprint density at radius 3 is 2.52 bits per heavy atom. The summed E-state index contributed by atoms with van der Waals surface area (Å²) in [5.41, 5.74) is -2.55. The van der Waals surface area contributed by atoms with Crippen molar-refractivity contribution in [2.45, 2.75) is 24.0 Å². The average molecular weight is 445 g/mol. The number of hydrogen-bond donors (Lipinski definition) is 2. The Hall–Kier alpha value is -2.48. The van der Waals surface area contributed by atoms with Gasteiger partial charge in [-0.2, -0.15) is 0 Å². The van der Waals surface area contributed by atoms with Gasteiger partial charge in [0.25, 0.3) is 10.4 Å². The molecule has 3 fully saturated rings. The first kappa shape index (κ1) is 21.7. The Bertz CT molecular complexity index is 1110. The molecule has 8 nitrogen and oxygen atoms in total. The largest absolute Gasteiger partial charge is 0.716 e. The highest BCUT2D eigenvalue weighted by atomic mass is 32.3. The van der Waals surface area contributed by atoms with Gasteiger partial charge in [0.15, 0.2) is 17.0 Å². The van der Waals surface area contributed by atoms with E-state index in [1.165, 1.54) is 23.2 Å². The van der Waals surface area contributed by atoms with Crippen LogP contribution in [-0.2, 0) is 20.7 Å². The molecule has 3 aliphatic heterocycles. The van der Waals surface area contributed by atoms with Crippen molar-refractivity contribution in [3.05, 3.63) is 59.9 Å². The van der Waals surface area contributed by atoms with Crippen LogP contribution in [-0.4, -0.2) is 55.4 Å². The van der Waals surface area contributed by atoms with Gasteiger partial charge in [-0.15, -0.1) is 0 Å².